The summed E-state index contributed by atoms with van der Waals surface area (Å²) in [5.41, 5.74) is 0.948. The fourth-order valence-electron chi connectivity index (χ4n) is 1.32. The predicted octanol–water partition coefficient (Wildman–Crippen LogP) is 3.81. The van der Waals surface area contributed by atoms with Gasteiger partial charge in [-0.2, -0.15) is 0 Å². The third-order valence-corrected chi connectivity index (χ3v) is 3.48. The third-order valence-electron chi connectivity index (χ3n) is 2.31. The molecule has 1 atom stereocenters. The number of nitrogens with one attached hydrogen (secondary N) is 1. The molecule has 0 saturated heterocycles. The second-order valence-electron chi connectivity index (χ2n) is 3.77. The van der Waals surface area contributed by atoms with Gasteiger partial charge in [0.1, 0.15) is 0 Å². The van der Waals surface area contributed by atoms with Gasteiger partial charge < -0.3 is 5.32 Å². The fourth-order valence-corrected chi connectivity index (χ4v) is 2.16. The summed E-state index contributed by atoms with van der Waals surface area (Å²) in [5.74, 6) is -2.04. The lowest BCUT2D eigenvalue weighted by molar-refractivity contribution is -0.115. The van der Waals surface area contributed by atoms with Gasteiger partial charge >= 0.3 is 0 Å². The van der Waals surface area contributed by atoms with Crippen LogP contribution in [0.3, 0.4) is 0 Å². The molecule has 100 valence electrons. The summed E-state index contributed by atoms with van der Waals surface area (Å²) in [6.45, 7) is 1.69. The van der Waals surface area contributed by atoms with Crippen LogP contribution in [-0.4, -0.2) is 15.7 Å². The Morgan fingerprint density at radius 3 is 2.79 bits per heavy atom. The average molecular weight is 347 g/mol. The van der Waals surface area contributed by atoms with Gasteiger partial charge in [-0.15, -0.1) is 11.3 Å². The largest absolute Gasteiger partial charge is 0.301 e. The number of hydrogen-bond donors (Lipinski definition) is 1. The van der Waals surface area contributed by atoms with E-state index >= 15 is 0 Å². The number of thiazole rings is 1. The maximum absolute atomic E-state index is 13.1. The molecule has 0 aliphatic carbocycles. The van der Waals surface area contributed by atoms with Crippen LogP contribution in [0, 0.1) is 11.6 Å². The lowest BCUT2D eigenvalue weighted by atomic mass is 10.2. The van der Waals surface area contributed by atoms with E-state index in [4.69, 9.17) is 0 Å². The molecule has 3 nitrogen and oxygen atoms in total. The maximum atomic E-state index is 13.1. The first-order valence-electron chi connectivity index (χ1n) is 5.33. The van der Waals surface area contributed by atoms with E-state index in [0.717, 1.165) is 12.1 Å². The Balaban J connectivity index is 2.21. The van der Waals surface area contributed by atoms with Crippen molar-refractivity contribution in [3.05, 3.63) is 35.2 Å². The Morgan fingerprint density at radius 2 is 2.16 bits per heavy atom. The second kappa shape index (κ2) is 5.75. The van der Waals surface area contributed by atoms with E-state index in [1.807, 2.05) is 0 Å². The quantitative estimate of drug-likeness (QED) is 0.858. The molecule has 0 aliphatic rings. The number of carbonyl (C=O) groups is 1. The van der Waals surface area contributed by atoms with E-state index in [1.54, 1.807) is 12.3 Å². The highest BCUT2D eigenvalue weighted by atomic mass is 79.9. The first-order chi connectivity index (χ1) is 8.97. The number of halogens is 3. The Kier molecular flexibility index (Phi) is 4.26. The molecule has 0 saturated carbocycles. The first kappa shape index (κ1) is 14.1. The molecular weight excluding hydrogens is 338 g/mol. The minimum atomic E-state index is -0.926. The van der Waals surface area contributed by atoms with E-state index < -0.39 is 11.6 Å². The predicted molar refractivity (Wildman–Crippen MR) is 74.5 cm³/mol. The molecule has 1 unspecified atom stereocenters. The van der Waals surface area contributed by atoms with Gasteiger partial charge in [-0.3, -0.25) is 4.79 Å². The standard InChI is InChI=1S/C12H9BrF2N2OS/c1-6(13)11(18)17-12-16-10(5-19-12)7-2-3-8(14)9(15)4-7/h2-6H,1H3,(H,16,17,18). The number of nitrogens with zero attached hydrogens (tertiary/aromatic N) is 1. The monoisotopic (exact) mass is 346 g/mol. The molecule has 1 aromatic heterocycles. The van der Waals surface area contributed by atoms with Crippen LogP contribution in [0.4, 0.5) is 13.9 Å². The zero-order valence-corrected chi connectivity index (χ0v) is 12.2. The summed E-state index contributed by atoms with van der Waals surface area (Å²) in [7, 11) is 0. The van der Waals surface area contributed by atoms with Gasteiger partial charge in [-0.05, 0) is 25.1 Å². The van der Waals surface area contributed by atoms with Crippen LogP contribution in [0.5, 0.6) is 0 Å². The van der Waals surface area contributed by atoms with Crippen molar-refractivity contribution in [3.8, 4) is 11.3 Å². The molecule has 2 rings (SSSR count). The molecule has 0 aliphatic heterocycles. The highest BCUT2D eigenvalue weighted by molar-refractivity contribution is 9.10. The highest BCUT2D eigenvalue weighted by Crippen LogP contribution is 2.26. The molecule has 0 spiro atoms. The number of benzene rings is 1. The Morgan fingerprint density at radius 1 is 1.42 bits per heavy atom. The summed E-state index contributed by atoms with van der Waals surface area (Å²) < 4.78 is 25.9. The van der Waals surface area contributed by atoms with Crippen molar-refractivity contribution in [3.63, 3.8) is 0 Å². The van der Waals surface area contributed by atoms with Crippen molar-refractivity contribution in [2.24, 2.45) is 0 Å². The summed E-state index contributed by atoms with van der Waals surface area (Å²) in [6, 6.07) is 3.55. The molecule has 1 amide bonds. The Bertz CT molecular complexity index is 616. The Labute approximate surface area is 120 Å². The summed E-state index contributed by atoms with van der Waals surface area (Å²) in [5, 5.41) is 4.69. The molecular formula is C12H9BrF2N2OS. The molecule has 19 heavy (non-hydrogen) atoms. The average Bonchev–Trinajstić information content (AvgIpc) is 2.81. The minimum absolute atomic E-state index is 0.216. The van der Waals surface area contributed by atoms with E-state index in [-0.39, 0.29) is 10.7 Å². The Hall–Kier alpha value is -1.34. The second-order valence-corrected chi connectivity index (χ2v) is 6.00. The molecule has 7 heteroatoms. The van der Waals surface area contributed by atoms with E-state index in [0.29, 0.717) is 16.4 Å². The minimum Gasteiger partial charge on any atom is -0.301 e. The van der Waals surface area contributed by atoms with Crippen molar-refractivity contribution >= 4 is 38.3 Å². The van der Waals surface area contributed by atoms with Gasteiger partial charge in [0.2, 0.25) is 5.91 Å². The lowest BCUT2D eigenvalue weighted by Crippen LogP contribution is -2.19. The number of rotatable bonds is 3. The number of aromatic nitrogens is 1. The summed E-state index contributed by atoms with van der Waals surface area (Å²) >= 11 is 4.36. The number of hydrogen-bond acceptors (Lipinski definition) is 3. The van der Waals surface area contributed by atoms with Crippen LogP contribution >= 0.6 is 27.3 Å². The van der Waals surface area contributed by atoms with Gasteiger partial charge in [0.25, 0.3) is 0 Å². The van der Waals surface area contributed by atoms with E-state index in [9.17, 15) is 13.6 Å². The molecule has 0 bridgehead atoms. The number of amides is 1. The molecule has 1 aromatic carbocycles. The van der Waals surface area contributed by atoms with Crippen molar-refractivity contribution in [2.75, 3.05) is 5.32 Å². The van der Waals surface area contributed by atoms with Crippen molar-refractivity contribution in [2.45, 2.75) is 11.8 Å². The van der Waals surface area contributed by atoms with E-state index in [1.165, 1.54) is 17.4 Å². The lowest BCUT2D eigenvalue weighted by Gasteiger charge is -2.02. The van der Waals surface area contributed by atoms with Crippen LogP contribution in [0.1, 0.15) is 6.92 Å². The molecule has 2 aromatic rings. The van der Waals surface area contributed by atoms with Crippen LogP contribution in [0.15, 0.2) is 23.6 Å². The van der Waals surface area contributed by atoms with Gasteiger partial charge in [0.05, 0.1) is 10.5 Å². The van der Waals surface area contributed by atoms with E-state index in [2.05, 4.69) is 26.2 Å². The first-order valence-corrected chi connectivity index (χ1v) is 7.13. The number of anilines is 1. The third kappa shape index (κ3) is 3.36. The number of alkyl halides is 1. The van der Waals surface area contributed by atoms with Crippen LogP contribution < -0.4 is 5.32 Å². The van der Waals surface area contributed by atoms with Gasteiger partial charge in [-0.1, -0.05) is 15.9 Å². The summed E-state index contributed by atoms with van der Waals surface area (Å²) in [6.07, 6.45) is 0. The normalized spacial score (nSPS) is 12.2. The fraction of sp³-hybridized carbons (Fsp3) is 0.167. The van der Waals surface area contributed by atoms with Crippen LogP contribution in [0.2, 0.25) is 0 Å². The summed E-state index contributed by atoms with van der Waals surface area (Å²) in [4.78, 5) is 15.3. The molecule has 0 radical (unpaired) electrons. The van der Waals surface area contributed by atoms with Gasteiger partial charge in [0.15, 0.2) is 16.8 Å². The van der Waals surface area contributed by atoms with Gasteiger partial charge in [0, 0.05) is 10.9 Å². The van der Waals surface area contributed by atoms with Crippen molar-refractivity contribution in [1.29, 1.82) is 0 Å². The molecule has 1 heterocycles. The van der Waals surface area contributed by atoms with Gasteiger partial charge in [-0.25, -0.2) is 13.8 Å². The zero-order valence-electron chi connectivity index (χ0n) is 9.78. The number of carbonyl (C=O) groups excluding carboxylic acids is 1. The SMILES string of the molecule is CC(Br)C(=O)Nc1nc(-c2ccc(F)c(F)c2)cs1. The molecule has 1 N–H and O–H groups in total. The zero-order chi connectivity index (χ0) is 14.0. The molecule has 0 fully saturated rings. The smallest absolute Gasteiger partial charge is 0.239 e. The van der Waals surface area contributed by atoms with Crippen LogP contribution in [-0.2, 0) is 4.79 Å². The van der Waals surface area contributed by atoms with Crippen molar-refractivity contribution < 1.29 is 13.6 Å². The topological polar surface area (TPSA) is 42.0 Å². The highest BCUT2D eigenvalue weighted by Gasteiger charge is 2.12. The van der Waals surface area contributed by atoms with Crippen LogP contribution in [0.25, 0.3) is 11.3 Å². The maximum Gasteiger partial charge on any atom is 0.239 e. The van der Waals surface area contributed by atoms with Crippen molar-refractivity contribution in [1.82, 2.24) is 4.98 Å².